The zero-order valence-corrected chi connectivity index (χ0v) is 10.6. The van der Waals surface area contributed by atoms with Crippen LogP contribution in [0.3, 0.4) is 0 Å². The number of hydrogen-bond acceptors (Lipinski definition) is 5. The molecule has 1 unspecified atom stereocenters. The number of ether oxygens (including phenoxy) is 1. The zero-order valence-electron chi connectivity index (χ0n) is 10.6. The molecule has 1 aliphatic rings. The zero-order chi connectivity index (χ0) is 12.8. The molecule has 0 aliphatic carbocycles. The number of aromatic nitrogens is 2. The van der Waals surface area contributed by atoms with Gasteiger partial charge < -0.3 is 14.6 Å². The highest BCUT2D eigenvalue weighted by Gasteiger charge is 2.16. The molecule has 1 atom stereocenters. The van der Waals surface area contributed by atoms with E-state index in [0.717, 1.165) is 25.9 Å². The molecule has 1 aromatic heterocycles. The van der Waals surface area contributed by atoms with Crippen LogP contribution in [0.2, 0.25) is 0 Å². The maximum Gasteiger partial charge on any atom is 0.226 e. The van der Waals surface area contributed by atoms with Crippen molar-refractivity contribution in [3.05, 3.63) is 11.7 Å². The van der Waals surface area contributed by atoms with E-state index in [9.17, 15) is 4.79 Å². The predicted octanol–water partition coefficient (Wildman–Crippen LogP) is 0.996. The van der Waals surface area contributed by atoms with Gasteiger partial charge >= 0.3 is 0 Å². The Bertz CT molecular complexity index is 386. The minimum Gasteiger partial charge on any atom is -0.376 e. The predicted molar refractivity (Wildman–Crippen MR) is 64.0 cm³/mol. The van der Waals surface area contributed by atoms with Crippen LogP contribution in [-0.4, -0.2) is 35.3 Å². The first-order chi connectivity index (χ1) is 8.74. The average Bonchev–Trinajstić information content (AvgIpc) is 2.98. The fraction of sp³-hybridized carbons (Fsp3) is 0.750. The number of hydrogen-bond donors (Lipinski definition) is 1. The molecule has 0 spiro atoms. The largest absolute Gasteiger partial charge is 0.376 e. The molecule has 2 heterocycles. The Balaban J connectivity index is 1.57. The summed E-state index contributed by atoms with van der Waals surface area (Å²) in [5.74, 6) is 1.29. The van der Waals surface area contributed by atoms with Crippen LogP contribution in [0.1, 0.15) is 37.4 Å². The lowest BCUT2D eigenvalue weighted by Gasteiger charge is -2.10. The number of aryl methyl sites for hydroxylation is 2. The Morgan fingerprint density at radius 1 is 1.56 bits per heavy atom. The fourth-order valence-electron chi connectivity index (χ4n) is 1.96. The van der Waals surface area contributed by atoms with Crippen molar-refractivity contribution in [3.8, 4) is 0 Å². The van der Waals surface area contributed by atoms with Crippen molar-refractivity contribution in [2.75, 3.05) is 13.2 Å². The average molecular weight is 253 g/mol. The molecule has 0 aromatic carbocycles. The van der Waals surface area contributed by atoms with Crippen molar-refractivity contribution in [2.24, 2.45) is 0 Å². The molecule has 1 saturated heterocycles. The highest BCUT2D eigenvalue weighted by Crippen LogP contribution is 2.10. The van der Waals surface area contributed by atoms with Crippen LogP contribution in [0.4, 0.5) is 0 Å². The molecular formula is C12H19N3O3. The number of amides is 1. The van der Waals surface area contributed by atoms with E-state index in [1.54, 1.807) is 6.92 Å². The van der Waals surface area contributed by atoms with Gasteiger partial charge in [-0.05, 0) is 26.2 Å². The van der Waals surface area contributed by atoms with E-state index in [0.29, 0.717) is 31.1 Å². The number of carbonyl (C=O) groups excluding carboxylic acids is 1. The topological polar surface area (TPSA) is 77.2 Å². The molecule has 2 rings (SSSR count). The quantitative estimate of drug-likeness (QED) is 0.818. The minimum absolute atomic E-state index is 0.0572. The van der Waals surface area contributed by atoms with E-state index in [2.05, 4.69) is 15.5 Å². The minimum atomic E-state index is 0.0572. The molecule has 0 bridgehead atoms. The van der Waals surface area contributed by atoms with Crippen molar-refractivity contribution in [3.63, 3.8) is 0 Å². The number of nitrogens with one attached hydrogen (secondary N) is 1. The van der Waals surface area contributed by atoms with Gasteiger partial charge in [-0.25, -0.2) is 0 Å². The van der Waals surface area contributed by atoms with Gasteiger partial charge in [0.25, 0.3) is 0 Å². The first kappa shape index (κ1) is 13.0. The molecule has 0 saturated carbocycles. The molecule has 1 fully saturated rings. The first-order valence-electron chi connectivity index (χ1n) is 6.41. The second-order valence-corrected chi connectivity index (χ2v) is 4.53. The Morgan fingerprint density at radius 2 is 2.44 bits per heavy atom. The van der Waals surface area contributed by atoms with Gasteiger partial charge in [-0.1, -0.05) is 5.16 Å². The first-order valence-corrected chi connectivity index (χ1v) is 6.41. The molecular weight excluding hydrogens is 234 g/mol. The second-order valence-electron chi connectivity index (χ2n) is 4.53. The van der Waals surface area contributed by atoms with Gasteiger partial charge in [0.15, 0.2) is 5.82 Å². The Kier molecular flexibility index (Phi) is 4.69. The van der Waals surface area contributed by atoms with Gasteiger partial charge in [0.05, 0.1) is 6.10 Å². The van der Waals surface area contributed by atoms with E-state index in [1.807, 2.05) is 0 Å². The van der Waals surface area contributed by atoms with Crippen LogP contribution < -0.4 is 5.32 Å². The monoisotopic (exact) mass is 253 g/mol. The smallest absolute Gasteiger partial charge is 0.226 e. The van der Waals surface area contributed by atoms with Crippen LogP contribution in [0.15, 0.2) is 4.52 Å². The Morgan fingerprint density at radius 3 is 3.11 bits per heavy atom. The molecule has 1 N–H and O–H groups in total. The maximum absolute atomic E-state index is 11.6. The molecule has 6 heteroatoms. The third-order valence-corrected chi connectivity index (χ3v) is 2.92. The van der Waals surface area contributed by atoms with Gasteiger partial charge in [-0.15, -0.1) is 0 Å². The van der Waals surface area contributed by atoms with Crippen molar-refractivity contribution in [2.45, 2.75) is 45.1 Å². The lowest BCUT2D eigenvalue weighted by molar-refractivity contribution is -0.121. The van der Waals surface area contributed by atoms with Gasteiger partial charge in [0.1, 0.15) is 0 Å². The SMILES string of the molecule is Cc1noc(CCCC(=O)NCC2CCCO2)n1. The third kappa shape index (κ3) is 4.10. The molecule has 100 valence electrons. The highest BCUT2D eigenvalue weighted by molar-refractivity contribution is 5.75. The molecule has 1 aromatic rings. The van der Waals surface area contributed by atoms with E-state index >= 15 is 0 Å². The second kappa shape index (κ2) is 6.49. The van der Waals surface area contributed by atoms with E-state index in [4.69, 9.17) is 9.26 Å². The van der Waals surface area contributed by atoms with Gasteiger partial charge in [-0.2, -0.15) is 4.98 Å². The summed E-state index contributed by atoms with van der Waals surface area (Å²) in [5, 5.41) is 6.59. The van der Waals surface area contributed by atoms with Crippen LogP contribution in [0.25, 0.3) is 0 Å². The molecule has 1 amide bonds. The summed E-state index contributed by atoms with van der Waals surface area (Å²) in [6, 6.07) is 0. The summed E-state index contributed by atoms with van der Waals surface area (Å²) in [4.78, 5) is 15.6. The Hall–Kier alpha value is -1.43. The third-order valence-electron chi connectivity index (χ3n) is 2.92. The van der Waals surface area contributed by atoms with Crippen LogP contribution in [0.5, 0.6) is 0 Å². The van der Waals surface area contributed by atoms with Crippen LogP contribution in [-0.2, 0) is 16.0 Å². The summed E-state index contributed by atoms with van der Waals surface area (Å²) in [5.41, 5.74) is 0. The fourth-order valence-corrected chi connectivity index (χ4v) is 1.96. The van der Waals surface area contributed by atoms with Crippen molar-refractivity contribution in [1.29, 1.82) is 0 Å². The van der Waals surface area contributed by atoms with E-state index in [1.165, 1.54) is 0 Å². The summed E-state index contributed by atoms with van der Waals surface area (Å²) in [6.45, 7) is 3.22. The van der Waals surface area contributed by atoms with Crippen LogP contribution in [0, 0.1) is 6.92 Å². The summed E-state index contributed by atoms with van der Waals surface area (Å²) >= 11 is 0. The molecule has 6 nitrogen and oxygen atoms in total. The molecule has 0 radical (unpaired) electrons. The molecule has 18 heavy (non-hydrogen) atoms. The Labute approximate surface area is 106 Å². The van der Waals surface area contributed by atoms with Gasteiger partial charge in [-0.3, -0.25) is 4.79 Å². The van der Waals surface area contributed by atoms with E-state index < -0.39 is 0 Å². The van der Waals surface area contributed by atoms with Gasteiger partial charge in [0.2, 0.25) is 11.8 Å². The molecule has 1 aliphatic heterocycles. The maximum atomic E-state index is 11.6. The van der Waals surface area contributed by atoms with E-state index in [-0.39, 0.29) is 12.0 Å². The summed E-state index contributed by atoms with van der Waals surface area (Å²) in [7, 11) is 0. The number of carbonyl (C=O) groups is 1. The number of rotatable bonds is 6. The van der Waals surface area contributed by atoms with Crippen molar-refractivity contribution < 1.29 is 14.1 Å². The van der Waals surface area contributed by atoms with Crippen molar-refractivity contribution >= 4 is 5.91 Å². The number of nitrogens with zero attached hydrogens (tertiary/aromatic N) is 2. The summed E-state index contributed by atoms with van der Waals surface area (Å²) in [6.07, 6.45) is 4.19. The van der Waals surface area contributed by atoms with Crippen molar-refractivity contribution in [1.82, 2.24) is 15.5 Å². The van der Waals surface area contributed by atoms with Gasteiger partial charge in [0, 0.05) is 26.0 Å². The lowest BCUT2D eigenvalue weighted by Crippen LogP contribution is -2.31. The van der Waals surface area contributed by atoms with Crippen LogP contribution >= 0.6 is 0 Å². The summed E-state index contributed by atoms with van der Waals surface area (Å²) < 4.78 is 10.4. The standard InChI is InChI=1S/C12H19N3O3/c1-9-14-12(18-15-9)6-2-5-11(16)13-8-10-4-3-7-17-10/h10H,2-8H2,1H3,(H,13,16). The lowest BCUT2D eigenvalue weighted by atomic mass is 10.2. The highest BCUT2D eigenvalue weighted by atomic mass is 16.5. The normalized spacial score (nSPS) is 19.1.